The predicted molar refractivity (Wildman–Crippen MR) is 48.7 cm³/mol. The van der Waals surface area contributed by atoms with Crippen LogP contribution in [-0.2, 0) is 0 Å². The third-order valence-electron chi connectivity index (χ3n) is 1.72. The molecule has 5 nitrogen and oxygen atoms in total. The Labute approximate surface area is 74.3 Å². The monoisotopic (exact) mass is 175 g/mol. The predicted octanol–water partition coefficient (Wildman–Crippen LogP) is 0.729. The highest BCUT2D eigenvalue weighted by Crippen LogP contribution is 2.02. The minimum absolute atomic E-state index is 0.216. The molecule has 0 unspecified atom stereocenters. The van der Waals surface area contributed by atoms with E-state index in [1.165, 1.54) is 0 Å². The molecule has 0 aromatic carbocycles. The molecule has 13 heavy (non-hydrogen) atoms. The van der Waals surface area contributed by atoms with Crippen LogP contribution in [0, 0.1) is 5.41 Å². The summed E-state index contributed by atoms with van der Waals surface area (Å²) in [6.07, 6.45) is 6.87. The fourth-order valence-electron chi connectivity index (χ4n) is 1.17. The van der Waals surface area contributed by atoms with Crippen LogP contribution in [0.3, 0.4) is 0 Å². The molecule has 5 heteroatoms. The van der Waals surface area contributed by atoms with Crippen LogP contribution in [0.5, 0.6) is 0 Å². The topological polar surface area (TPSA) is 70.3 Å². The summed E-state index contributed by atoms with van der Waals surface area (Å²) < 4.78 is 1.77. The number of aromatic nitrogens is 4. The van der Waals surface area contributed by atoms with Gasteiger partial charge in [-0.05, 0) is 6.92 Å². The molecule has 0 radical (unpaired) electrons. The lowest BCUT2D eigenvalue weighted by molar-refractivity contribution is 1.01. The molecule has 0 bridgehead atoms. The molecule has 66 valence electrons. The lowest BCUT2D eigenvalue weighted by atomic mass is 10.5. The summed E-state index contributed by atoms with van der Waals surface area (Å²) in [7, 11) is 0. The first kappa shape index (κ1) is 7.72. The zero-order valence-electron chi connectivity index (χ0n) is 7.15. The first-order valence-electron chi connectivity index (χ1n) is 3.90. The maximum Gasteiger partial charge on any atom is 0.173 e. The second-order valence-electron chi connectivity index (χ2n) is 2.58. The SMILES string of the molecule is C/C=C/n1cnc(=N)c2[nH]cnc21. The van der Waals surface area contributed by atoms with Crippen LogP contribution in [0.4, 0.5) is 0 Å². The standard InChI is InChI=1S/C8H9N5/c1-2-3-13-5-12-7(9)6-8(13)11-4-10-6/h2-5,9H,1H3,(H,10,11)/b3-2+,9-7?. The maximum absolute atomic E-state index is 7.49. The van der Waals surface area contributed by atoms with Crippen LogP contribution in [0.1, 0.15) is 6.92 Å². The highest BCUT2D eigenvalue weighted by molar-refractivity contribution is 5.70. The van der Waals surface area contributed by atoms with Crippen molar-refractivity contribution in [3.8, 4) is 0 Å². The summed E-state index contributed by atoms with van der Waals surface area (Å²) in [5, 5.41) is 7.49. The Morgan fingerprint density at radius 1 is 1.54 bits per heavy atom. The number of fused-ring (bicyclic) bond motifs is 1. The van der Waals surface area contributed by atoms with Gasteiger partial charge in [0.25, 0.3) is 0 Å². The van der Waals surface area contributed by atoms with Crippen molar-refractivity contribution in [3.63, 3.8) is 0 Å². The summed E-state index contributed by atoms with van der Waals surface area (Å²) in [6, 6.07) is 0. The molecule has 2 N–H and O–H groups in total. The third kappa shape index (κ3) is 1.14. The van der Waals surface area contributed by atoms with Gasteiger partial charge < -0.3 is 4.98 Å². The Morgan fingerprint density at radius 3 is 3.15 bits per heavy atom. The molecular formula is C8H9N5. The van der Waals surface area contributed by atoms with Crippen molar-refractivity contribution in [2.24, 2.45) is 0 Å². The van der Waals surface area contributed by atoms with Crippen LogP contribution in [0.2, 0.25) is 0 Å². The van der Waals surface area contributed by atoms with E-state index in [0.717, 1.165) is 5.65 Å². The molecule has 0 aliphatic carbocycles. The van der Waals surface area contributed by atoms with Crippen molar-refractivity contribution in [2.45, 2.75) is 6.92 Å². The van der Waals surface area contributed by atoms with Gasteiger partial charge in [-0.2, -0.15) is 0 Å². The molecule has 2 rings (SSSR count). The largest absolute Gasteiger partial charge is 0.340 e. The van der Waals surface area contributed by atoms with Crippen molar-refractivity contribution < 1.29 is 0 Å². The Hall–Kier alpha value is -1.91. The van der Waals surface area contributed by atoms with Gasteiger partial charge in [0.05, 0.1) is 6.33 Å². The Kier molecular flexibility index (Phi) is 1.70. The van der Waals surface area contributed by atoms with Crippen LogP contribution in [-0.4, -0.2) is 19.5 Å². The van der Waals surface area contributed by atoms with Gasteiger partial charge in [0, 0.05) is 6.20 Å². The summed E-state index contributed by atoms with van der Waals surface area (Å²) in [4.78, 5) is 10.9. The Morgan fingerprint density at radius 2 is 2.38 bits per heavy atom. The van der Waals surface area contributed by atoms with Crippen molar-refractivity contribution in [3.05, 3.63) is 24.2 Å². The molecule has 2 heterocycles. The highest BCUT2D eigenvalue weighted by Gasteiger charge is 2.00. The van der Waals surface area contributed by atoms with E-state index in [1.54, 1.807) is 17.2 Å². The molecule has 0 fully saturated rings. The molecule has 0 aliphatic rings. The van der Waals surface area contributed by atoms with Gasteiger partial charge >= 0.3 is 0 Å². The van der Waals surface area contributed by atoms with E-state index in [9.17, 15) is 0 Å². The minimum Gasteiger partial charge on any atom is -0.340 e. The van der Waals surface area contributed by atoms with Crippen molar-refractivity contribution in [2.75, 3.05) is 0 Å². The van der Waals surface area contributed by atoms with E-state index in [4.69, 9.17) is 5.41 Å². The van der Waals surface area contributed by atoms with Gasteiger partial charge in [0.1, 0.15) is 11.8 Å². The molecule has 2 aromatic heterocycles. The van der Waals surface area contributed by atoms with Crippen LogP contribution >= 0.6 is 0 Å². The van der Waals surface area contributed by atoms with Crippen LogP contribution in [0.25, 0.3) is 17.4 Å². The molecule has 0 spiro atoms. The number of H-pyrrole nitrogens is 1. The fourth-order valence-corrected chi connectivity index (χ4v) is 1.17. The van der Waals surface area contributed by atoms with E-state index in [0.29, 0.717) is 5.52 Å². The van der Waals surface area contributed by atoms with Crippen molar-refractivity contribution in [1.82, 2.24) is 19.5 Å². The van der Waals surface area contributed by atoms with E-state index in [1.807, 2.05) is 19.2 Å². The fraction of sp³-hybridized carbons (Fsp3) is 0.125. The first-order chi connectivity index (χ1) is 6.33. The van der Waals surface area contributed by atoms with Gasteiger partial charge in [-0.3, -0.25) is 9.98 Å². The minimum atomic E-state index is 0.216. The van der Waals surface area contributed by atoms with Gasteiger partial charge in [-0.1, -0.05) is 6.08 Å². The quantitative estimate of drug-likeness (QED) is 0.670. The van der Waals surface area contributed by atoms with E-state index >= 15 is 0 Å². The average molecular weight is 175 g/mol. The number of rotatable bonds is 1. The van der Waals surface area contributed by atoms with Crippen molar-refractivity contribution >= 4 is 17.4 Å². The van der Waals surface area contributed by atoms with E-state index in [-0.39, 0.29) is 5.49 Å². The van der Waals surface area contributed by atoms with Gasteiger partial charge in [0.15, 0.2) is 11.1 Å². The van der Waals surface area contributed by atoms with Crippen LogP contribution < -0.4 is 5.49 Å². The lowest BCUT2D eigenvalue weighted by Crippen LogP contribution is -2.09. The van der Waals surface area contributed by atoms with Gasteiger partial charge in [0.2, 0.25) is 0 Å². The smallest absolute Gasteiger partial charge is 0.173 e. The molecule has 0 amide bonds. The average Bonchev–Trinajstić information content (AvgIpc) is 2.59. The lowest BCUT2D eigenvalue weighted by Gasteiger charge is -1.98. The second kappa shape index (κ2) is 2.85. The second-order valence-corrected chi connectivity index (χ2v) is 2.58. The number of aromatic amines is 1. The summed E-state index contributed by atoms with van der Waals surface area (Å²) in [5.41, 5.74) is 1.59. The number of allylic oxidation sites excluding steroid dienone is 1. The molecule has 0 saturated carbocycles. The molecule has 0 saturated heterocycles. The van der Waals surface area contributed by atoms with E-state index in [2.05, 4.69) is 15.0 Å². The first-order valence-corrected chi connectivity index (χ1v) is 3.90. The number of hydrogen-bond donors (Lipinski definition) is 2. The molecular weight excluding hydrogens is 166 g/mol. The zero-order valence-corrected chi connectivity index (χ0v) is 7.15. The zero-order chi connectivity index (χ0) is 9.26. The number of nitrogens with one attached hydrogen (secondary N) is 2. The van der Waals surface area contributed by atoms with Gasteiger partial charge in [-0.25, -0.2) is 9.97 Å². The number of imidazole rings is 1. The Bertz CT molecular complexity index is 504. The maximum atomic E-state index is 7.49. The number of hydrogen-bond acceptors (Lipinski definition) is 3. The van der Waals surface area contributed by atoms with Gasteiger partial charge in [-0.15, -0.1) is 0 Å². The third-order valence-corrected chi connectivity index (χ3v) is 1.72. The summed E-state index contributed by atoms with van der Waals surface area (Å²) >= 11 is 0. The number of nitrogens with zero attached hydrogens (tertiary/aromatic N) is 3. The molecule has 0 atom stereocenters. The molecule has 0 aliphatic heterocycles. The Balaban J connectivity index is 2.85. The summed E-state index contributed by atoms with van der Waals surface area (Å²) in [6.45, 7) is 1.92. The molecule has 2 aromatic rings. The van der Waals surface area contributed by atoms with Crippen LogP contribution in [0.15, 0.2) is 18.7 Å². The van der Waals surface area contributed by atoms with Crippen molar-refractivity contribution in [1.29, 1.82) is 5.41 Å². The summed E-state index contributed by atoms with van der Waals surface area (Å²) in [5.74, 6) is 0. The highest BCUT2D eigenvalue weighted by atomic mass is 15.1. The van der Waals surface area contributed by atoms with E-state index < -0.39 is 0 Å². The normalized spacial score (nSPS) is 11.5.